The fourth-order valence-electron chi connectivity index (χ4n) is 3.81. The van der Waals surface area contributed by atoms with E-state index in [9.17, 15) is 14.4 Å². The van der Waals surface area contributed by atoms with Crippen LogP contribution in [0.1, 0.15) is 32.8 Å². The first-order valence-electron chi connectivity index (χ1n) is 10.4. The fraction of sp³-hybridized carbons (Fsp3) is 0.435. The Morgan fingerprint density at radius 2 is 2.19 bits per heavy atom. The summed E-state index contributed by atoms with van der Waals surface area (Å²) in [7, 11) is 0. The van der Waals surface area contributed by atoms with Gasteiger partial charge in [-0.25, -0.2) is 0 Å². The number of rotatable bonds is 6. The Morgan fingerprint density at radius 3 is 2.78 bits per heavy atom. The first-order chi connectivity index (χ1) is 15.2. The molecule has 2 aliphatic heterocycles. The van der Waals surface area contributed by atoms with Crippen LogP contribution in [-0.4, -0.2) is 60.1 Å². The molecule has 1 N–H and O–H groups in total. The molecule has 1 aromatic rings. The summed E-state index contributed by atoms with van der Waals surface area (Å²) in [5.41, 5.74) is 1.65. The van der Waals surface area contributed by atoms with Gasteiger partial charge >= 0.3 is 0 Å². The Hall–Kier alpha value is -3.12. The second-order valence-electron chi connectivity index (χ2n) is 8.34. The van der Waals surface area contributed by atoms with Gasteiger partial charge in [-0.3, -0.25) is 19.4 Å². The summed E-state index contributed by atoms with van der Waals surface area (Å²) in [6.45, 7) is 9.57. The van der Waals surface area contributed by atoms with Gasteiger partial charge in [0.2, 0.25) is 11.8 Å². The van der Waals surface area contributed by atoms with Gasteiger partial charge in [0.1, 0.15) is 6.04 Å². The van der Waals surface area contributed by atoms with Crippen molar-refractivity contribution < 1.29 is 14.4 Å². The van der Waals surface area contributed by atoms with Crippen LogP contribution in [0.2, 0.25) is 0 Å². The summed E-state index contributed by atoms with van der Waals surface area (Å²) in [6.07, 6.45) is 2.40. The quantitative estimate of drug-likeness (QED) is 0.527. The largest absolute Gasteiger partial charge is 0.343 e. The number of nitrogens with zero attached hydrogens (tertiary/aromatic N) is 4. The van der Waals surface area contributed by atoms with Gasteiger partial charge in [0.15, 0.2) is 0 Å². The van der Waals surface area contributed by atoms with E-state index in [1.807, 2.05) is 13.8 Å². The predicted octanol–water partition coefficient (Wildman–Crippen LogP) is 2.73. The van der Waals surface area contributed by atoms with Crippen LogP contribution in [0.15, 0.2) is 29.3 Å². The number of aliphatic imine (C=N–C) groups is 1. The molecule has 1 atom stereocenters. The smallest absolute Gasteiger partial charge is 0.252 e. The summed E-state index contributed by atoms with van der Waals surface area (Å²) in [5.74, 6) is 0.317. The summed E-state index contributed by atoms with van der Waals surface area (Å²) < 4.78 is 0. The van der Waals surface area contributed by atoms with Crippen molar-refractivity contribution in [2.45, 2.75) is 33.2 Å². The highest BCUT2D eigenvalue weighted by atomic mass is 32.2. The lowest BCUT2D eigenvalue weighted by molar-refractivity contribution is -0.131. The number of benzene rings is 1. The van der Waals surface area contributed by atoms with Gasteiger partial charge in [0.05, 0.1) is 24.2 Å². The SMILES string of the molecule is C=Nc1ccc(N2CCC(C)(C)C2=O)cc1/C(=C\C)C(=O)NCC(=O)N1CSC[C@H]1C#N. The molecule has 0 saturated carbocycles. The Balaban J connectivity index is 1.79. The Kier molecular flexibility index (Phi) is 7.04. The lowest BCUT2D eigenvalue weighted by atomic mass is 9.92. The molecule has 32 heavy (non-hydrogen) atoms. The molecule has 0 aliphatic carbocycles. The van der Waals surface area contributed by atoms with Crippen LogP contribution in [-0.2, 0) is 14.4 Å². The van der Waals surface area contributed by atoms with Crippen LogP contribution < -0.4 is 10.2 Å². The van der Waals surface area contributed by atoms with Crippen LogP contribution in [0.4, 0.5) is 11.4 Å². The van der Waals surface area contributed by atoms with E-state index < -0.39 is 17.4 Å². The monoisotopic (exact) mass is 453 g/mol. The van der Waals surface area contributed by atoms with E-state index >= 15 is 0 Å². The van der Waals surface area contributed by atoms with Crippen molar-refractivity contribution in [2.24, 2.45) is 10.4 Å². The normalized spacial score (nSPS) is 20.2. The third kappa shape index (κ3) is 4.55. The molecule has 9 heteroatoms. The maximum absolute atomic E-state index is 13.0. The molecule has 8 nitrogen and oxygen atoms in total. The first-order valence-corrected chi connectivity index (χ1v) is 11.5. The second-order valence-corrected chi connectivity index (χ2v) is 9.34. The van der Waals surface area contributed by atoms with E-state index in [0.717, 1.165) is 6.42 Å². The zero-order valence-electron chi connectivity index (χ0n) is 18.6. The molecule has 3 rings (SSSR count). The lowest BCUT2D eigenvalue weighted by Gasteiger charge is -2.21. The maximum atomic E-state index is 13.0. The Labute approximate surface area is 192 Å². The molecule has 0 bridgehead atoms. The van der Waals surface area contributed by atoms with E-state index in [1.165, 1.54) is 16.7 Å². The minimum absolute atomic E-state index is 0.0374. The van der Waals surface area contributed by atoms with Gasteiger partial charge in [0.25, 0.3) is 5.91 Å². The highest BCUT2D eigenvalue weighted by Gasteiger charge is 2.39. The minimum Gasteiger partial charge on any atom is -0.343 e. The topological polar surface area (TPSA) is 106 Å². The molecule has 2 saturated heterocycles. The highest BCUT2D eigenvalue weighted by molar-refractivity contribution is 7.99. The average molecular weight is 454 g/mol. The summed E-state index contributed by atoms with van der Waals surface area (Å²) in [5, 5.41) is 11.8. The number of allylic oxidation sites excluding steroid dienone is 1. The van der Waals surface area contributed by atoms with E-state index in [-0.39, 0.29) is 18.4 Å². The zero-order chi connectivity index (χ0) is 23.5. The van der Waals surface area contributed by atoms with Crippen molar-refractivity contribution in [3.8, 4) is 6.07 Å². The number of carbonyl (C=O) groups excluding carboxylic acids is 3. The van der Waals surface area contributed by atoms with Crippen molar-refractivity contribution in [3.05, 3.63) is 29.8 Å². The van der Waals surface area contributed by atoms with E-state index in [1.54, 1.807) is 36.1 Å². The molecule has 168 valence electrons. The average Bonchev–Trinajstić information content (AvgIpc) is 3.37. The maximum Gasteiger partial charge on any atom is 0.252 e. The molecule has 3 amide bonds. The number of anilines is 1. The van der Waals surface area contributed by atoms with Crippen molar-refractivity contribution in [1.82, 2.24) is 10.2 Å². The van der Waals surface area contributed by atoms with Crippen LogP contribution in [0.25, 0.3) is 5.57 Å². The molecule has 0 spiro atoms. The summed E-state index contributed by atoms with van der Waals surface area (Å²) >= 11 is 1.51. The standard InChI is InChI=1S/C23H27N5O3S/c1-5-17(21(30)26-12-20(29)28-14-32-13-16(28)11-24)18-10-15(6-7-19(18)25-4)27-9-8-23(2,3)22(27)31/h5-7,10,16H,4,8-9,12-14H2,1-3H3,(H,26,30)/b17-5+/t16-/m1/s1. The van der Waals surface area contributed by atoms with E-state index in [0.29, 0.717) is 40.7 Å². The molecule has 2 fully saturated rings. The second kappa shape index (κ2) is 9.57. The molecule has 1 aromatic carbocycles. The first kappa shape index (κ1) is 23.5. The van der Waals surface area contributed by atoms with Gasteiger partial charge in [-0.2, -0.15) is 5.26 Å². The lowest BCUT2D eigenvalue weighted by Crippen LogP contribution is -2.42. The number of nitriles is 1. The highest BCUT2D eigenvalue weighted by Crippen LogP contribution is 2.37. The molecule has 2 heterocycles. The van der Waals surface area contributed by atoms with E-state index in [2.05, 4.69) is 23.1 Å². The van der Waals surface area contributed by atoms with Gasteiger partial charge in [0, 0.05) is 34.5 Å². The zero-order valence-corrected chi connectivity index (χ0v) is 19.4. The third-order valence-electron chi connectivity index (χ3n) is 5.82. The third-order valence-corrected chi connectivity index (χ3v) is 6.83. The van der Waals surface area contributed by atoms with Gasteiger partial charge in [-0.1, -0.05) is 19.9 Å². The number of thioether (sulfide) groups is 1. The fourth-order valence-corrected chi connectivity index (χ4v) is 4.92. The minimum atomic E-state index is -0.471. The number of amides is 3. The predicted molar refractivity (Wildman–Crippen MR) is 127 cm³/mol. The molecule has 0 aromatic heterocycles. The van der Waals surface area contributed by atoms with Crippen molar-refractivity contribution in [2.75, 3.05) is 29.6 Å². The number of nitrogens with one attached hydrogen (secondary N) is 1. The molecular formula is C23H27N5O3S. The van der Waals surface area contributed by atoms with Crippen LogP contribution >= 0.6 is 11.8 Å². The molecule has 2 aliphatic rings. The van der Waals surface area contributed by atoms with Gasteiger partial charge in [-0.15, -0.1) is 11.8 Å². The van der Waals surface area contributed by atoms with Crippen LogP contribution in [0.3, 0.4) is 0 Å². The van der Waals surface area contributed by atoms with Crippen molar-refractivity contribution in [1.29, 1.82) is 5.26 Å². The Morgan fingerprint density at radius 1 is 1.44 bits per heavy atom. The summed E-state index contributed by atoms with van der Waals surface area (Å²) in [4.78, 5) is 45.4. The van der Waals surface area contributed by atoms with Crippen LogP contribution in [0, 0.1) is 16.7 Å². The van der Waals surface area contributed by atoms with Gasteiger partial charge in [-0.05, 0) is 38.3 Å². The molecule has 0 radical (unpaired) electrons. The van der Waals surface area contributed by atoms with Gasteiger partial charge < -0.3 is 15.1 Å². The molecular weight excluding hydrogens is 426 g/mol. The van der Waals surface area contributed by atoms with Crippen molar-refractivity contribution >= 4 is 53.1 Å². The number of hydrogen-bond acceptors (Lipinski definition) is 6. The number of carbonyl (C=O) groups is 3. The van der Waals surface area contributed by atoms with Crippen molar-refractivity contribution in [3.63, 3.8) is 0 Å². The number of hydrogen-bond donors (Lipinski definition) is 1. The Bertz CT molecular complexity index is 1030. The molecule has 0 unspecified atom stereocenters. The van der Waals surface area contributed by atoms with Crippen LogP contribution in [0.5, 0.6) is 0 Å². The van der Waals surface area contributed by atoms with E-state index in [4.69, 9.17) is 5.26 Å². The summed E-state index contributed by atoms with van der Waals surface area (Å²) in [6, 6.07) is 6.94.